The lowest BCUT2D eigenvalue weighted by Gasteiger charge is -2.18. The number of benzene rings is 2. The summed E-state index contributed by atoms with van der Waals surface area (Å²) in [4.78, 5) is 26.3. The first-order valence-corrected chi connectivity index (χ1v) is 8.79. The van der Waals surface area contributed by atoms with Crippen molar-refractivity contribution in [1.82, 2.24) is 5.32 Å². The van der Waals surface area contributed by atoms with Gasteiger partial charge in [0.2, 0.25) is 11.8 Å². The number of halogens is 2. The monoisotopic (exact) mass is 376 g/mol. The maximum Gasteiger partial charge on any atom is 0.227 e. The van der Waals surface area contributed by atoms with Gasteiger partial charge in [0, 0.05) is 24.5 Å². The van der Waals surface area contributed by atoms with Crippen LogP contribution in [0.25, 0.3) is 0 Å². The zero-order valence-corrected chi connectivity index (χ0v) is 15.3. The first-order chi connectivity index (χ1) is 12.0. The Balaban J connectivity index is 1.65. The number of hydrogen-bond donors (Lipinski definition) is 1. The summed E-state index contributed by atoms with van der Waals surface area (Å²) in [6.07, 6.45) is 0.179. The average Bonchev–Trinajstić information content (AvgIpc) is 2.96. The van der Waals surface area contributed by atoms with Crippen molar-refractivity contribution in [3.63, 3.8) is 0 Å². The summed E-state index contributed by atoms with van der Waals surface area (Å²) in [6, 6.07) is 12.9. The quantitative estimate of drug-likeness (QED) is 0.877. The van der Waals surface area contributed by atoms with E-state index in [1.165, 1.54) is 0 Å². The molecule has 4 nitrogen and oxygen atoms in total. The summed E-state index contributed by atoms with van der Waals surface area (Å²) in [5.41, 5.74) is 2.78. The van der Waals surface area contributed by atoms with Crippen molar-refractivity contribution in [2.24, 2.45) is 5.92 Å². The van der Waals surface area contributed by atoms with Gasteiger partial charge in [-0.25, -0.2) is 0 Å². The van der Waals surface area contributed by atoms with E-state index in [1.807, 2.05) is 31.2 Å². The highest BCUT2D eigenvalue weighted by Crippen LogP contribution is 2.33. The van der Waals surface area contributed by atoms with Crippen LogP contribution in [0.4, 0.5) is 5.69 Å². The first kappa shape index (κ1) is 17.8. The molecule has 1 saturated heterocycles. The summed E-state index contributed by atoms with van der Waals surface area (Å²) in [5, 5.41) is 3.84. The van der Waals surface area contributed by atoms with E-state index in [2.05, 4.69) is 5.32 Å². The van der Waals surface area contributed by atoms with E-state index in [0.717, 1.165) is 11.1 Å². The number of carbonyl (C=O) groups is 2. The molecule has 0 bridgehead atoms. The van der Waals surface area contributed by atoms with Crippen LogP contribution in [0.1, 0.15) is 17.5 Å². The number of amides is 2. The van der Waals surface area contributed by atoms with Gasteiger partial charge < -0.3 is 10.2 Å². The molecule has 25 heavy (non-hydrogen) atoms. The van der Waals surface area contributed by atoms with Crippen LogP contribution in [0, 0.1) is 12.8 Å². The standard InChI is InChI=1S/C19H18Cl2N2O2/c1-12-4-2-3-5-13(12)10-22-19(25)14-8-18(24)23(11-14)17-7-6-15(20)9-16(17)21/h2-7,9,14H,8,10-11H2,1H3,(H,22,25). The number of anilines is 1. The fourth-order valence-electron chi connectivity index (χ4n) is 2.95. The van der Waals surface area contributed by atoms with Gasteiger partial charge in [0.05, 0.1) is 16.6 Å². The second-order valence-electron chi connectivity index (χ2n) is 6.15. The van der Waals surface area contributed by atoms with Crippen LogP contribution in [-0.2, 0) is 16.1 Å². The lowest BCUT2D eigenvalue weighted by atomic mass is 10.1. The summed E-state index contributed by atoms with van der Waals surface area (Å²) in [5.74, 6) is -0.618. The van der Waals surface area contributed by atoms with Gasteiger partial charge in [-0.15, -0.1) is 0 Å². The van der Waals surface area contributed by atoms with E-state index in [0.29, 0.717) is 28.8 Å². The Hall–Kier alpha value is -2.04. The van der Waals surface area contributed by atoms with Gasteiger partial charge in [-0.05, 0) is 36.2 Å². The van der Waals surface area contributed by atoms with E-state index >= 15 is 0 Å². The van der Waals surface area contributed by atoms with Gasteiger partial charge in [0.1, 0.15) is 0 Å². The van der Waals surface area contributed by atoms with E-state index in [-0.39, 0.29) is 24.2 Å². The molecule has 0 spiro atoms. The fourth-order valence-corrected chi connectivity index (χ4v) is 3.46. The number of nitrogens with zero attached hydrogens (tertiary/aromatic N) is 1. The number of aryl methyl sites for hydroxylation is 1. The van der Waals surface area contributed by atoms with Crippen LogP contribution in [0.3, 0.4) is 0 Å². The molecular formula is C19H18Cl2N2O2. The molecule has 2 aromatic carbocycles. The minimum atomic E-state index is -0.386. The van der Waals surface area contributed by atoms with Gasteiger partial charge in [-0.2, -0.15) is 0 Å². The molecule has 2 aromatic rings. The Morgan fingerprint density at radius 2 is 2.00 bits per heavy atom. The number of nitrogens with one attached hydrogen (secondary N) is 1. The molecule has 1 aliphatic heterocycles. The molecule has 1 N–H and O–H groups in total. The summed E-state index contributed by atoms with van der Waals surface area (Å²) < 4.78 is 0. The van der Waals surface area contributed by atoms with Crippen molar-refractivity contribution >= 4 is 40.7 Å². The highest BCUT2D eigenvalue weighted by Gasteiger charge is 2.35. The predicted octanol–water partition coefficient (Wildman–Crippen LogP) is 3.97. The molecule has 6 heteroatoms. The molecule has 1 aliphatic rings. The van der Waals surface area contributed by atoms with Gasteiger partial charge in [-0.3, -0.25) is 9.59 Å². The topological polar surface area (TPSA) is 49.4 Å². The first-order valence-electron chi connectivity index (χ1n) is 8.03. The van der Waals surface area contributed by atoms with Crippen LogP contribution in [0.15, 0.2) is 42.5 Å². The van der Waals surface area contributed by atoms with Crippen LogP contribution in [-0.4, -0.2) is 18.4 Å². The highest BCUT2D eigenvalue weighted by molar-refractivity contribution is 6.36. The number of carbonyl (C=O) groups excluding carboxylic acids is 2. The van der Waals surface area contributed by atoms with Gasteiger partial charge in [0.25, 0.3) is 0 Å². The lowest BCUT2D eigenvalue weighted by molar-refractivity contribution is -0.126. The van der Waals surface area contributed by atoms with Crippen molar-refractivity contribution in [2.75, 3.05) is 11.4 Å². The van der Waals surface area contributed by atoms with Gasteiger partial charge in [0.15, 0.2) is 0 Å². The minimum Gasteiger partial charge on any atom is -0.352 e. The average molecular weight is 377 g/mol. The largest absolute Gasteiger partial charge is 0.352 e. The van der Waals surface area contributed by atoms with Crippen LogP contribution >= 0.6 is 23.2 Å². The second-order valence-corrected chi connectivity index (χ2v) is 6.99. The third kappa shape index (κ3) is 3.97. The van der Waals surface area contributed by atoms with Crippen molar-refractivity contribution in [3.05, 3.63) is 63.6 Å². The zero-order valence-electron chi connectivity index (χ0n) is 13.8. The lowest BCUT2D eigenvalue weighted by Crippen LogP contribution is -2.32. The Kier molecular flexibility index (Phi) is 5.30. The Morgan fingerprint density at radius 1 is 1.24 bits per heavy atom. The van der Waals surface area contributed by atoms with Crippen molar-refractivity contribution < 1.29 is 9.59 Å². The molecular weight excluding hydrogens is 359 g/mol. The number of hydrogen-bond acceptors (Lipinski definition) is 2. The van der Waals surface area contributed by atoms with Crippen molar-refractivity contribution in [2.45, 2.75) is 19.9 Å². The van der Waals surface area contributed by atoms with Crippen LogP contribution in [0.5, 0.6) is 0 Å². The van der Waals surface area contributed by atoms with E-state index in [1.54, 1.807) is 23.1 Å². The summed E-state index contributed by atoms with van der Waals surface area (Å²) >= 11 is 12.1. The maximum absolute atomic E-state index is 12.4. The molecule has 0 saturated carbocycles. The van der Waals surface area contributed by atoms with Gasteiger partial charge >= 0.3 is 0 Å². The van der Waals surface area contributed by atoms with Crippen molar-refractivity contribution in [3.8, 4) is 0 Å². The molecule has 1 heterocycles. The third-order valence-electron chi connectivity index (χ3n) is 4.41. The molecule has 0 aromatic heterocycles. The highest BCUT2D eigenvalue weighted by atomic mass is 35.5. The smallest absolute Gasteiger partial charge is 0.227 e. The maximum atomic E-state index is 12.4. The molecule has 130 valence electrons. The Morgan fingerprint density at radius 3 is 2.72 bits per heavy atom. The molecule has 1 fully saturated rings. The third-order valence-corrected chi connectivity index (χ3v) is 4.95. The van der Waals surface area contributed by atoms with E-state index in [9.17, 15) is 9.59 Å². The Labute approximate surface area is 156 Å². The normalized spacial score (nSPS) is 17.0. The summed E-state index contributed by atoms with van der Waals surface area (Å²) in [7, 11) is 0. The van der Waals surface area contributed by atoms with E-state index in [4.69, 9.17) is 23.2 Å². The molecule has 3 rings (SSSR count). The fraction of sp³-hybridized carbons (Fsp3) is 0.263. The van der Waals surface area contributed by atoms with Crippen LogP contribution < -0.4 is 10.2 Å². The molecule has 1 unspecified atom stereocenters. The molecule has 0 aliphatic carbocycles. The Bertz CT molecular complexity index is 823. The van der Waals surface area contributed by atoms with E-state index < -0.39 is 0 Å². The van der Waals surface area contributed by atoms with Crippen LogP contribution in [0.2, 0.25) is 10.0 Å². The predicted molar refractivity (Wildman–Crippen MR) is 99.9 cm³/mol. The molecule has 1 atom stereocenters. The second kappa shape index (κ2) is 7.46. The number of rotatable bonds is 4. The molecule has 0 radical (unpaired) electrons. The SMILES string of the molecule is Cc1ccccc1CNC(=O)C1CC(=O)N(c2ccc(Cl)cc2Cl)C1. The summed E-state index contributed by atoms with van der Waals surface area (Å²) in [6.45, 7) is 2.78. The minimum absolute atomic E-state index is 0.111. The van der Waals surface area contributed by atoms with Crippen molar-refractivity contribution in [1.29, 1.82) is 0 Å². The molecule has 2 amide bonds. The zero-order chi connectivity index (χ0) is 18.0. The van der Waals surface area contributed by atoms with Gasteiger partial charge in [-0.1, -0.05) is 47.5 Å².